The van der Waals surface area contributed by atoms with Gasteiger partial charge in [-0.15, -0.1) is 4.99 Å². The molecule has 0 radical (unpaired) electrons. The number of hydrogen-bond acceptors (Lipinski definition) is 3. The molecule has 1 fully saturated rings. The second kappa shape index (κ2) is 9.59. The summed E-state index contributed by atoms with van der Waals surface area (Å²) in [7, 11) is 2.14. The monoisotopic (exact) mass is 410 g/mol. The fraction of sp³-hybridized carbons (Fsp3) is 0.417. The smallest absolute Gasteiger partial charge is 0.402 e. The third-order valence-corrected chi connectivity index (χ3v) is 5.80. The zero-order valence-electron chi connectivity index (χ0n) is 17.9. The minimum absolute atomic E-state index is 0.186. The van der Waals surface area contributed by atoms with Gasteiger partial charge in [0.1, 0.15) is 5.75 Å². The summed E-state index contributed by atoms with van der Waals surface area (Å²) in [6, 6.07) is 12.4. The fourth-order valence-electron chi connectivity index (χ4n) is 3.32. The van der Waals surface area contributed by atoms with Crippen LogP contribution in [0, 0.1) is 19.3 Å². The second-order valence-corrected chi connectivity index (χ2v) is 8.38. The minimum Gasteiger partial charge on any atom is -0.402 e. The highest BCUT2D eigenvalue weighted by molar-refractivity contribution is 7.77. The number of amidine groups is 1. The van der Waals surface area contributed by atoms with Gasteiger partial charge in [0, 0.05) is 12.1 Å². The van der Waals surface area contributed by atoms with Crippen LogP contribution >= 0.6 is 0 Å². The van der Waals surface area contributed by atoms with Crippen molar-refractivity contribution in [3.05, 3.63) is 64.2 Å². The van der Waals surface area contributed by atoms with Crippen molar-refractivity contribution >= 4 is 23.7 Å². The van der Waals surface area contributed by atoms with E-state index in [9.17, 15) is 0 Å². The van der Waals surface area contributed by atoms with Gasteiger partial charge in [-0.1, -0.05) is 37.3 Å². The van der Waals surface area contributed by atoms with Crippen molar-refractivity contribution in [1.29, 1.82) is 5.41 Å². The van der Waals surface area contributed by atoms with Crippen LogP contribution in [0.4, 0.5) is 0 Å². The summed E-state index contributed by atoms with van der Waals surface area (Å²) in [5.74, 6) is 1.67. The van der Waals surface area contributed by atoms with Crippen molar-refractivity contribution in [2.45, 2.75) is 46.0 Å². The van der Waals surface area contributed by atoms with Gasteiger partial charge in [-0.3, -0.25) is 5.41 Å². The normalized spacial score (nSPS) is 14.3. The Morgan fingerprint density at radius 2 is 1.86 bits per heavy atom. The van der Waals surface area contributed by atoms with E-state index in [0.29, 0.717) is 11.1 Å². The lowest BCUT2D eigenvalue weighted by atomic mass is 10.0. The van der Waals surface area contributed by atoms with E-state index in [1.54, 1.807) is 0 Å². The van der Waals surface area contributed by atoms with Crippen LogP contribution in [0.5, 0.6) is 5.75 Å². The molecule has 1 N–H and O–H groups in total. The molecule has 2 aromatic carbocycles. The van der Waals surface area contributed by atoms with Crippen molar-refractivity contribution in [3.63, 3.8) is 0 Å². The summed E-state index contributed by atoms with van der Waals surface area (Å²) in [4.78, 5) is 6.59. The van der Waals surface area contributed by atoms with E-state index in [0.717, 1.165) is 36.4 Å². The highest BCUT2D eigenvalue weighted by Crippen LogP contribution is 2.39. The quantitative estimate of drug-likeness (QED) is 0.417. The van der Waals surface area contributed by atoms with E-state index in [1.165, 1.54) is 29.5 Å². The van der Waals surface area contributed by atoms with Gasteiger partial charge in [-0.25, -0.2) is 0 Å². The molecule has 0 aromatic heterocycles. The van der Waals surface area contributed by atoms with Gasteiger partial charge in [0.25, 0.3) is 0 Å². The van der Waals surface area contributed by atoms with Crippen molar-refractivity contribution in [1.82, 2.24) is 4.90 Å². The summed E-state index contributed by atoms with van der Waals surface area (Å²) >= 11 is 3.43. The molecule has 3 rings (SSSR count). The number of aryl methyl sites for hydroxylation is 2. The number of nitrogens with zero attached hydrogens (tertiary/aromatic N) is 2. The first-order chi connectivity index (χ1) is 13.9. The van der Waals surface area contributed by atoms with E-state index in [-0.39, 0.29) is 5.84 Å². The summed E-state index contributed by atoms with van der Waals surface area (Å²) in [5.41, 5.74) is 5.76. The summed E-state index contributed by atoms with van der Waals surface area (Å²) < 4.78 is 5.90. The predicted molar refractivity (Wildman–Crippen MR) is 126 cm³/mol. The van der Waals surface area contributed by atoms with Gasteiger partial charge in [-0.05, 0) is 80.9 Å². The third kappa shape index (κ3) is 5.94. The number of hydrogen-bond donors (Lipinski definition) is 1. The first-order valence-electron chi connectivity index (χ1n) is 10.3. The lowest BCUT2D eigenvalue weighted by Crippen LogP contribution is -2.20. The average Bonchev–Trinajstić information content (AvgIpc) is 3.54. The number of nitrogens with one attached hydrogen (secondary N) is 1. The Balaban J connectivity index is 1.66. The summed E-state index contributed by atoms with van der Waals surface area (Å²) in [6.45, 7) is 8.42. The Labute approximate surface area is 179 Å². The van der Waals surface area contributed by atoms with Crippen LogP contribution in [-0.2, 0) is 19.0 Å². The lowest BCUT2D eigenvalue weighted by Gasteiger charge is -2.16. The molecule has 5 heteroatoms. The number of likely N-dealkylation sites (N-methyl/N-ethyl adjacent to an activating group) is 1. The van der Waals surface area contributed by atoms with Gasteiger partial charge >= 0.3 is 5.23 Å². The molecule has 0 saturated heterocycles. The highest BCUT2D eigenvalue weighted by Gasteiger charge is 2.23. The Morgan fingerprint density at radius 1 is 1.17 bits per heavy atom. The summed E-state index contributed by atoms with van der Waals surface area (Å²) in [5, 5.41) is 8.55. The maximum absolute atomic E-state index is 8.26. The lowest BCUT2D eigenvalue weighted by molar-refractivity contribution is 0.357. The van der Waals surface area contributed by atoms with E-state index in [1.807, 2.05) is 19.1 Å². The zero-order valence-corrected chi connectivity index (χ0v) is 18.9. The molecule has 29 heavy (non-hydrogen) atoms. The molecule has 0 aliphatic heterocycles. The number of aliphatic imine (C=N–C) groups is 1. The van der Waals surface area contributed by atoms with Gasteiger partial charge < -0.3 is 9.64 Å². The molecule has 1 saturated carbocycles. The van der Waals surface area contributed by atoms with Gasteiger partial charge in [-0.2, -0.15) is 0 Å². The first-order valence-corrected chi connectivity index (χ1v) is 10.8. The SMILES string of the molecule is CCN(C)CCc1cc(C)c(OC([SH2+])=NC(=N)c2ccc(C3CC3)cc2)cc1C. The van der Waals surface area contributed by atoms with Crippen molar-refractivity contribution in [3.8, 4) is 5.75 Å². The Bertz CT molecular complexity index is 901. The molecule has 0 spiro atoms. The van der Waals surface area contributed by atoms with Crippen LogP contribution in [0.3, 0.4) is 0 Å². The molecule has 0 bridgehead atoms. The molecule has 4 nitrogen and oxygen atoms in total. The zero-order chi connectivity index (χ0) is 21.0. The van der Waals surface area contributed by atoms with E-state index in [2.05, 4.69) is 67.7 Å². The number of ether oxygens (including phenoxy) is 1. The van der Waals surface area contributed by atoms with Crippen LogP contribution in [0.15, 0.2) is 41.4 Å². The maximum Gasteiger partial charge on any atom is 0.414 e. The highest BCUT2D eigenvalue weighted by atomic mass is 32.1. The molecule has 0 amide bonds. The number of rotatable bonds is 7. The second-order valence-electron chi connectivity index (χ2n) is 7.95. The molecule has 2 aromatic rings. The van der Waals surface area contributed by atoms with Crippen LogP contribution in [0.1, 0.15) is 53.5 Å². The third-order valence-electron chi connectivity index (χ3n) is 5.59. The van der Waals surface area contributed by atoms with Crippen molar-refractivity contribution in [2.75, 3.05) is 20.1 Å². The Morgan fingerprint density at radius 3 is 2.48 bits per heavy atom. The molecule has 154 valence electrons. The minimum atomic E-state index is 0.186. The van der Waals surface area contributed by atoms with Gasteiger partial charge in [0.15, 0.2) is 5.84 Å². The average molecular weight is 411 g/mol. The summed E-state index contributed by atoms with van der Waals surface area (Å²) in [6.07, 6.45) is 3.58. The largest absolute Gasteiger partial charge is 0.414 e. The van der Waals surface area contributed by atoms with E-state index >= 15 is 0 Å². The molecule has 1 aliphatic carbocycles. The Hall–Kier alpha value is -2.11. The number of benzene rings is 2. The molecule has 0 atom stereocenters. The molecular weight excluding hydrogens is 378 g/mol. The van der Waals surface area contributed by atoms with Crippen molar-refractivity contribution < 1.29 is 4.74 Å². The molecule has 1 aliphatic rings. The van der Waals surface area contributed by atoms with Crippen LogP contribution in [-0.4, -0.2) is 36.1 Å². The van der Waals surface area contributed by atoms with Crippen LogP contribution in [0.25, 0.3) is 0 Å². The fourth-order valence-corrected chi connectivity index (χ4v) is 3.54. The molecule has 0 unspecified atom stereocenters. The van der Waals surface area contributed by atoms with Gasteiger partial charge in [0.2, 0.25) is 0 Å². The van der Waals surface area contributed by atoms with E-state index in [4.69, 9.17) is 10.1 Å². The molecular formula is C24H32N3OS+. The van der Waals surface area contributed by atoms with Crippen molar-refractivity contribution in [2.24, 2.45) is 4.99 Å². The first kappa shape index (κ1) is 21.6. The van der Waals surface area contributed by atoms with E-state index < -0.39 is 0 Å². The van der Waals surface area contributed by atoms with Crippen LogP contribution < -0.4 is 4.74 Å². The topological polar surface area (TPSA) is 48.7 Å². The predicted octanol–water partition coefficient (Wildman–Crippen LogP) is 4.45. The Kier molecular flexibility index (Phi) is 7.14. The standard InChI is InChI=1S/C24H31N3OS/c1-5-27(4)13-12-21-14-17(3)22(15-16(21)2)28-24(29)26-23(25)20-10-8-19(9-11-20)18-6-7-18/h8-11,14-15,18H,5-7,12-13H2,1-4H3,(H2,25,26,29)/p+1. The molecule has 0 heterocycles. The van der Waals surface area contributed by atoms with Crippen LogP contribution in [0.2, 0.25) is 0 Å². The van der Waals surface area contributed by atoms with Gasteiger partial charge in [0.05, 0.1) is 12.6 Å². The maximum atomic E-state index is 8.26.